The molecule has 1 N–H and O–H groups in total. The zero-order valence-corrected chi connectivity index (χ0v) is 13.1. The molecule has 116 valence electrons. The molecule has 1 amide bonds. The van der Waals surface area contributed by atoms with Gasteiger partial charge in [-0.25, -0.2) is 0 Å². The van der Waals surface area contributed by atoms with Gasteiger partial charge in [0, 0.05) is 18.9 Å². The van der Waals surface area contributed by atoms with Gasteiger partial charge >= 0.3 is 0 Å². The highest BCUT2D eigenvalue weighted by molar-refractivity contribution is 5.93. The van der Waals surface area contributed by atoms with Crippen molar-refractivity contribution in [2.75, 3.05) is 20.8 Å². The molecule has 0 atom stereocenters. The Labute approximate surface area is 130 Å². The van der Waals surface area contributed by atoms with Crippen molar-refractivity contribution >= 4 is 5.91 Å². The van der Waals surface area contributed by atoms with Crippen molar-refractivity contribution in [1.82, 2.24) is 10.3 Å². The average molecular weight is 300 g/mol. The molecule has 0 unspecified atom stereocenters. The molecule has 0 bridgehead atoms. The Morgan fingerprint density at radius 1 is 1.23 bits per heavy atom. The monoisotopic (exact) mass is 300 g/mol. The summed E-state index contributed by atoms with van der Waals surface area (Å²) in [5.74, 6) is 1.29. The van der Waals surface area contributed by atoms with Crippen LogP contribution in [0.5, 0.6) is 11.5 Å². The lowest BCUT2D eigenvalue weighted by atomic mass is 10.0. The fourth-order valence-electron chi connectivity index (χ4n) is 2.20. The van der Waals surface area contributed by atoms with Gasteiger partial charge in [-0.2, -0.15) is 0 Å². The van der Waals surface area contributed by atoms with E-state index in [1.54, 1.807) is 38.7 Å². The molecular formula is C17H20N2O3. The standard InChI is InChI=1S/C17H20N2O3/c1-12-9-15(21-2)16(22-3)10-13(12)6-8-19-17(20)14-5-4-7-18-11-14/h4-5,7,9-11H,6,8H2,1-3H3,(H,19,20). The molecule has 0 spiro atoms. The smallest absolute Gasteiger partial charge is 0.252 e. The summed E-state index contributed by atoms with van der Waals surface area (Å²) in [6.07, 6.45) is 3.92. The van der Waals surface area contributed by atoms with E-state index in [1.807, 2.05) is 19.1 Å². The van der Waals surface area contributed by atoms with Gasteiger partial charge in [0.15, 0.2) is 11.5 Å². The van der Waals surface area contributed by atoms with Crippen LogP contribution < -0.4 is 14.8 Å². The second-order valence-corrected chi connectivity index (χ2v) is 4.88. The van der Waals surface area contributed by atoms with Crippen molar-refractivity contribution < 1.29 is 14.3 Å². The van der Waals surface area contributed by atoms with E-state index in [1.165, 1.54) is 0 Å². The molecule has 2 aromatic rings. The van der Waals surface area contributed by atoms with Crippen LogP contribution in [0, 0.1) is 6.92 Å². The molecule has 0 fully saturated rings. The molecule has 0 saturated heterocycles. The molecule has 2 rings (SSSR count). The third kappa shape index (κ3) is 3.75. The van der Waals surface area contributed by atoms with E-state index in [-0.39, 0.29) is 5.91 Å². The van der Waals surface area contributed by atoms with Gasteiger partial charge in [-0.15, -0.1) is 0 Å². The lowest BCUT2D eigenvalue weighted by Crippen LogP contribution is -2.25. The Hall–Kier alpha value is -2.56. The van der Waals surface area contributed by atoms with Crippen LogP contribution in [0.1, 0.15) is 21.5 Å². The van der Waals surface area contributed by atoms with Gasteiger partial charge in [-0.3, -0.25) is 9.78 Å². The maximum atomic E-state index is 11.9. The summed E-state index contributed by atoms with van der Waals surface area (Å²) in [7, 11) is 3.23. The number of pyridine rings is 1. The van der Waals surface area contributed by atoms with Crippen LogP contribution in [0.2, 0.25) is 0 Å². The van der Waals surface area contributed by atoms with Gasteiger partial charge in [0.1, 0.15) is 0 Å². The predicted octanol–water partition coefficient (Wildman–Crippen LogP) is 2.38. The minimum atomic E-state index is -0.119. The summed E-state index contributed by atoms with van der Waals surface area (Å²) in [4.78, 5) is 15.9. The number of hydrogen-bond donors (Lipinski definition) is 1. The third-order valence-corrected chi connectivity index (χ3v) is 3.45. The first-order valence-corrected chi connectivity index (χ1v) is 7.05. The zero-order chi connectivity index (χ0) is 15.9. The van der Waals surface area contributed by atoms with Crippen LogP contribution >= 0.6 is 0 Å². The summed E-state index contributed by atoms with van der Waals surface area (Å²) < 4.78 is 10.6. The largest absolute Gasteiger partial charge is 0.493 e. The van der Waals surface area contributed by atoms with Gasteiger partial charge in [-0.05, 0) is 48.7 Å². The summed E-state index contributed by atoms with van der Waals surface area (Å²) in [5.41, 5.74) is 2.78. The Bertz CT molecular complexity index is 642. The fourth-order valence-corrected chi connectivity index (χ4v) is 2.20. The van der Waals surface area contributed by atoms with Crippen LogP contribution in [0.3, 0.4) is 0 Å². The molecule has 1 heterocycles. The predicted molar refractivity (Wildman–Crippen MR) is 84.6 cm³/mol. The van der Waals surface area contributed by atoms with E-state index in [0.717, 1.165) is 17.5 Å². The van der Waals surface area contributed by atoms with E-state index in [4.69, 9.17) is 9.47 Å². The van der Waals surface area contributed by atoms with Gasteiger partial charge in [0.05, 0.1) is 19.8 Å². The highest BCUT2D eigenvalue weighted by Gasteiger charge is 2.09. The van der Waals surface area contributed by atoms with Crippen LogP contribution in [-0.2, 0) is 6.42 Å². The number of benzene rings is 1. The first-order valence-electron chi connectivity index (χ1n) is 7.05. The van der Waals surface area contributed by atoms with E-state index in [0.29, 0.717) is 23.6 Å². The molecule has 1 aromatic carbocycles. The SMILES string of the molecule is COc1cc(C)c(CCNC(=O)c2cccnc2)cc1OC. The molecular weight excluding hydrogens is 280 g/mol. The summed E-state index contributed by atoms with van der Waals surface area (Å²) in [5, 5.41) is 2.89. The number of amides is 1. The Balaban J connectivity index is 1.98. The van der Waals surface area contributed by atoms with Crippen molar-refractivity contribution in [3.8, 4) is 11.5 Å². The van der Waals surface area contributed by atoms with Crippen molar-refractivity contribution in [1.29, 1.82) is 0 Å². The number of ether oxygens (including phenoxy) is 2. The summed E-state index contributed by atoms with van der Waals surface area (Å²) >= 11 is 0. The first kappa shape index (κ1) is 15.8. The number of carbonyl (C=O) groups excluding carboxylic acids is 1. The minimum absolute atomic E-state index is 0.119. The Morgan fingerprint density at radius 3 is 2.59 bits per heavy atom. The number of hydrogen-bond acceptors (Lipinski definition) is 4. The van der Waals surface area contributed by atoms with Crippen molar-refractivity contribution in [3.05, 3.63) is 53.3 Å². The molecule has 22 heavy (non-hydrogen) atoms. The molecule has 0 aliphatic carbocycles. The van der Waals surface area contributed by atoms with Gasteiger partial charge in [0.2, 0.25) is 0 Å². The highest BCUT2D eigenvalue weighted by Crippen LogP contribution is 2.30. The van der Waals surface area contributed by atoms with E-state index in [2.05, 4.69) is 10.3 Å². The maximum absolute atomic E-state index is 11.9. The number of carbonyl (C=O) groups is 1. The molecule has 1 aromatic heterocycles. The molecule has 0 aliphatic heterocycles. The number of aryl methyl sites for hydroxylation is 1. The minimum Gasteiger partial charge on any atom is -0.493 e. The van der Waals surface area contributed by atoms with Crippen LogP contribution in [-0.4, -0.2) is 31.7 Å². The normalized spacial score (nSPS) is 10.1. The van der Waals surface area contributed by atoms with E-state index < -0.39 is 0 Å². The fraction of sp³-hybridized carbons (Fsp3) is 0.294. The third-order valence-electron chi connectivity index (χ3n) is 3.45. The maximum Gasteiger partial charge on any atom is 0.252 e. The topological polar surface area (TPSA) is 60.5 Å². The van der Waals surface area contributed by atoms with Crippen LogP contribution in [0.25, 0.3) is 0 Å². The molecule has 0 aliphatic rings. The number of nitrogens with one attached hydrogen (secondary N) is 1. The molecule has 0 saturated carbocycles. The molecule has 0 radical (unpaired) electrons. The van der Waals surface area contributed by atoms with Crippen molar-refractivity contribution in [2.45, 2.75) is 13.3 Å². The summed E-state index contributed by atoms with van der Waals surface area (Å²) in [6, 6.07) is 7.37. The molecule has 5 heteroatoms. The first-order chi connectivity index (χ1) is 10.7. The number of aromatic nitrogens is 1. The van der Waals surface area contributed by atoms with E-state index in [9.17, 15) is 4.79 Å². The summed E-state index contributed by atoms with van der Waals surface area (Å²) in [6.45, 7) is 2.56. The van der Waals surface area contributed by atoms with Crippen molar-refractivity contribution in [2.24, 2.45) is 0 Å². The Morgan fingerprint density at radius 2 is 1.95 bits per heavy atom. The Kier molecular flexibility index (Phi) is 5.36. The second kappa shape index (κ2) is 7.45. The van der Waals surface area contributed by atoms with Gasteiger partial charge in [-0.1, -0.05) is 0 Å². The second-order valence-electron chi connectivity index (χ2n) is 4.88. The van der Waals surface area contributed by atoms with Gasteiger partial charge < -0.3 is 14.8 Å². The number of nitrogens with zero attached hydrogens (tertiary/aromatic N) is 1. The van der Waals surface area contributed by atoms with Crippen molar-refractivity contribution in [3.63, 3.8) is 0 Å². The zero-order valence-electron chi connectivity index (χ0n) is 13.1. The van der Waals surface area contributed by atoms with Crippen LogP contribution in [0.4, 0.5) is 0 Å². The van der Waals surface area contributed by atoms with Gasteiger partial charge in [0.25, 0.3) is 5.91 Å². The number of rotatable bonds is 6. The van der Waals surface area contributed by atoms with E-state index >= 15 is 0 Å². The average Bonchev–Trinajstić information content (AvgIpc) is 2.56. The number of methoxy groups -OCH3 is 2. The van der Waals surface area contributed by atoms with Crippen LogP contribution in [0.15, 0.2) is 36.7 Å². The molecule has 5 nitrogen and oxygen atoms in total. The highest BCUT2D eigenvalue weighted by atomic mass is 16.5. The lowest BCUT2D eigenvalue weighted by Gasteiger charge is -2.13. The lowest BCUT2D eigenvalue weighted by molar-refractivity contribution is 0.0953. The quantitative estimate of drug-likeness (QED) is 0.890.